The first kappa shape index (κ1) is 23.6. The van der Waals surface area contributed by atoms with Gasteiger partial charge < -0.3 is 24.6 Å². The summed E-state index contributed by atoms with van der Waals surface area (Å²) in [6, 6.07) is 15.7. The summed E-state index contributed by atoms with van der Waals surface area (Å²) in [6.07, 6.45) is 2.05. The summed E-state index contributed by atoms with van der Waals surface area (Å²) in [6.45, 7) is 1.55. The van der Waals surface area contributed by atoms with Gasteiger partial charge in [-0.2, -0.15) is 0 Å². The number of nitrogens with one attached hydrogen (secondary N) is 1. The van der Waals surface area contributed by atoms with Gasteiger partial charge in [-0.3, -0.25) is 9.59 Å². The van der Waals surface area contributed by atoms with Gasteiger partial charge in [0.1, 0.15) is 25.0 Å². The maximum atomic E-state index is 13.4. The summed E-state index contributed by atoms with van der Waals surface area (Å²) in [5.74, 6) is 0.362. The molecule has 2 heterocycles. The van der Waals surface area contributed by atoms with E-state index in [1.807, 2.05) is 41.3 Å². The molecule has 1 fully saturated rings. The SMILES string of the molecule is CN1CCC[C@H](NC(=O)OCc2ccccc2)C(=O)N2CCC[C@H]2COc2cccc(c2)C1=O. The lowest BCUT2D eigenvalue weighted by molar-refractivity contribution is -0.135. The molecule has 0 radical (unpaired) electrons. The summed E-state index contributed by atoms with van der Waals surface area (Å²) in [5, 5.41) is 2.77. The van der Waals surface area contributed by atoms with Crippen LogP contribution in [0.4, 0.5) is 4.79 Å². The van der Waals surface area contributed by atoms with Gasteiger partial charge in [0.25, 0.3) is 5.91 Å². The zero-order valence-electron chi connectivity index (χ0n) is 19.4. The van der Waals surface area contributed by atoms with E-state index in [1.165, 1.54) is 0 Å². The van der Waals surface area contributed by atoms with Crippen LogP contribution in [0.15, 0.2) is 54.6 Å². The maximum Gasteiger partial charge on any atom is 0.408 e. The van der Waals surface area contributed by atoms with Crippen molar-refractivity contribution in [2.24, 2.45) is 0 Å². The number of hydrogen-bond acceptors (Lipinski definition) is 5. The van der Waals surface area contributed by atoms with Gasteiger partial charge in [-0.25, -0.2) is 4.79 Å². The van der Waals surface area contributed by atoms with E-state index in [4.69, 9.17) is 9.47 Å². The van der Waals surface area contributed by atoms with Gasteiger partial charge in [0.2, 0.25) is 5.91 Å². The zero-order valence-corrected chi connectivity index (χ0v) is 19.4. The van der Waals surface area contributed by atoms with E-state index in [9.17, 15) is 14.4 Å². The molecule has 2 aliphatic rings. The number of nitrogens with zero attached hydrogens (tertiary/aromatic N) is 2. The second kappa shape index (κ2) is 11.0. The van der Waals surface area contributed by atoms with Gasteiger partial charge in [-0.05, 0) is 49.4 Å². The van der Waals surface area contributed by atoms with E-state index in [1.54, 1.807) is 30.1 Å². The average Bonchev–Trinajstić information content (AvgIpc) is 3.33. The molecule has 2 aliphatic heterocycles. The third-order valence-electron chi connectivity index (χ3n) is 6.32. The van der Waals surface area contributed by atoms with Crippen LogP contribution in [0.3, 0.4) is 0 Å². The molecule has 2 aromatic rings. The molecule has 4 rings (SSSR count). The van der Waals surface area contributed by atoms with Crippen molar-refractivity contribution in [1.29, 1.82) is 0 Å². The van der Waals surface area contributed by atoms with Crippen LogP contribution in [0.1, 0.15) is 41.6 Å². The van der Waals surface area contributed by atoms with E-state index in [0.29, 0.717) is 43.9 Å². The van der Waals surface area contributed by atoms with Crippen molar-refractivity contribution in [1.82, 2.24) is 15.1 Å². The Labute approximate surface area is 199 Å². The van der Waals surface area contributed by atoms with E-state index >= 15 is 0 Å². The first-order valence-electron chi connectivity index (χ1n) is 11.8. The van der Waals surface area contributed by atoms with Crippen molar-refractivity contribution in [2.45, 2.75) is 44.4 Å². The van der Waals surface area contributed by atoms with Crippen molar-refractivity contribution >= 4 is 17.9 Å². The second-order valence-corrected chi connectivity index (χ2v) is 8.79. The van der Waals surface area contributed by atoms with Gasteiger partial charge in [-0.15, -0.1) is 0 Å². The van der Waals surface area contributed by atoms with Crippen LogP contribution in [0.25, 0.3) is 0 Å². The molecular formula is C26H31N3O5. The van der Waals surface area contributed by atoms with E-state index in [2.05, 4.69) is 5.32 Å². The highest BCUT2D eigenvalue weighted by molar-refractivity contribution is 5.94. The molecular weight excluding hydrogens is 434 g/mol. The highest BCUT2D eigenvalue weighted by Crippen LogP contribution is 2.23. The summed E-state index contributed by atoms with van der Waals surface area (Å²) in [7, 11) is 1.73. The Morgan fingerprint density at radius 1 is 1.06 bits per heavy atom. The van der Waals surface area contributed by atoms with Crippen molar-refractivity contribution in [3.63, 3.8) is 0 Å². The van der Waals surface area contributed by atoms with Crippen LogP contribution in [0.5, 0.6) is 5.75 Å². The van der Waals surface area contributed by atoms with Crippen molar-refractivity contribution < 1.29 is 23.9 Å². The molecule has 1 N–H and O–H groups in total. The number of amides is 3. The molecule has 8 nitrogen and oxygen atoms in total. The number of ether oxygens (including phenoxy) is 2. The summed E-state index contributed by atoms with van der Waals surface area (Å²) >= 11 is 0. The molecule has 2 bridgehead atoms. The first-order valence-corrected chi connectivity index (χ1v) is 11.8. The Kier molecular flexibility index (Phi) is 7.67. The number of carbonyl (C=O) groups is 3. The molecule has 0 aromatic heterocycles. The molecule has 34 heavy (non-hydrogen) atoms. The third-order valence-corrected chi connectivity index (χ3v) is 6.32. The normalized spacial score (nSPS) is 21.3. The molecule has 0 saturated carbocycles. The lowest BCUT2D eigenvalue weighted by Crippen LogP contribution is -2.51. The maximum absolute atomic E-state index is 13.4. The number of fused-ring (bicyclic) bond motifs is 3. The van der Waals surface area contributed by atoms with Crippen LogP contribution in [0, 0.1) is 0 Å². The fourth-order valence-corrected chi connectivity index (χ4v) is 4.43. The zero-order chi connectivity index (χ0) is 23.9. The number of benzene rings is 2. The highest BCUT2D eigenvalue weighted by atomic mass is 16.5. The topological polar surface area (TPSA) is 88.2 Å². The highest BCUT2D eigenvalue weighted by Gasteiger charge is 2.34. The molecule has 3 amide bonds. The number of carbonyl (C=O) groups excluding carboxylic acids is 3. The van der Waals surface area contributed by atoms with Crippen LogP contribution < -0.4 is 10.1 Å². The summed E-state index contributed by atoms with van der Waals surface area (Å²) in [5.41, 5.74) is 1.44. The number of hydrogen-bond donors (Lipinski definition) is 1. The number of rotatable bonds is 3. The lowest BCUT2D eigenvalue weighted by atomic mass is 10.1. The average molecular weight is 466 g/mol. The quantitative estimate of drug-likeness (QED) is 0.752. The minimum Gasteiger partial charge on any atom is -0.491 e. The van der Waals surface area contributed by atoms with E-state index in [-0.39, 0.29) is 24.5 Å². The van der Waals surface area contributed by atoms with Gasteiger partial charge in [0.15, 0.2) is 0 Å². The fourth-order valence-electron chi connectivity index (χ4n) is 4.43. The van der Waals surface area contributed by atoms with E-state index < -0.39 is 12.1 Å². The Morgan fingerprint density at radius 2 is 1.85 bits per heavy atom. The molecule has 0 unspecified atom stereocenters. The summed E-state index contributed by atoms with van der Waals surface area (Å²) < 4.78 is 11.3. The molecule has 2 atom stereocenters. The van der Waals surface area contributed by atoms with Gasteiger partial charge >= 0.3 is 6.09 Å². The Morgan fingerprint density at radius 3 is 2.68 bits per heavy atom. The molecule has 8 heteroatoms. The summed E-state index contributed by atoms with van der Waals surface area (Å²) in [4.78, 5) is 42.2. The van der Waals surface area contributed by atoms with Gasteiger partial charge in [-0.1, -0.05) is 36.4 Å². The first-order chi connectivity index (χ1) is 16.5. The largest absolute Gasteiger partial charge is 0.491 e. The lowest BCUT2D eigenvalue weighted by Gasteiger charge is -2.30. The van der Waals surface area contributed by atoms with Crippen LogP contribution in [-0.2, 0) is 16.1 Å². The molecule has 180 valence electrons. The second-order valence-electron chi connectivity index (χ2n) is 8.79. The fraction of sp³-hybridized carbons (Fsp3) is 0.423. The smallest absolute Gasteiger partial charge is 0.408 e. The minimum absolute atomic E-state index is 0.0814. The van der Waals surface area contributed by atoms with Gasteiger partial charge in [0.05, 0.1) is 6.04 Å². The van der Waals surface area contributed by atoms with Crippen LogP contribution >= 0.6 is 0 Å². The minimum atomic E-state index is -0.729. The predicted octanol–water partition coefficient (Wildman–Crippen LogP) is 3.22. The standard InChI is InChI=1S/C26H31N3O5/c1-28-14-7-13-23(27-26(32)34-17-19-8-3-2-4-9-19)25(31)29-15-6-11-21(29)18-33-22-12-5-10-20(16-22)24(28)30/h2-5,8-10,12,16,21,23H,6-7,11,13-15,17-18H2,1H3,(H,27,32)/t21-,23-/m0/s1. The number of alkyl carbamates (subject to hydrolysis) is 1. The Bertz CT molecular complexity index is 1010. The predicted molar refractivity (Wildman–Crippen MR) is 126 cm³/mol. The van der Waals surface area contributed by atoms with Gasteiger partial charge in [0, 0.05) is 25.7 Å². The molecule has 2 aromatic carbocycles. The Balaban J connectivity index is 1.47. The monoisotopic (exact) mass is 465 g/mol. The van der Waals surface area contributed by atoms with Crippen LogP contribution in [-0.4, -0.2) is 66.5 Å². The molecule has 0 spiro atoms. The van der Waals surface area contributed by atoms with Crippen molar-refractivity contribution in [2.75, 3.05) is 26.7 Å². The molecule has 1 saturated heterocycles. The van der Waals surface area contributed by atoms with E-state index in [0.717, 1.165) is 18.4 Å². The molecule has 0 aliphatic carbocycles. The van der Waals surface area contributed by atoms with Crippen LogP contribution in [0.2, 0.25) is 0 Å². The van der Waals surface area contributed by atoms with Crippen molar-refractivity contribution in [3.8, 4) is 5.75 Å². The Hall–Kier alpha value is -3.55. The third kappa shape index (κ3) is 5.87. The van der Waals surface area contributed by atoms with Crippen molar-refractivity contribution in [3.05, 3.63) is 65.7 Å².